The molecule has 1 aromatic rings. The van der Waals surface area contributed by atoms with E-state index in [9.17, 15) is 39.5 Å². The van der Waals surface area contributed by atoms with Crippen LogP contribution in [0.2, 0.25) is 0 Å². The van der Waals surface area contributed by atoms with Crippen molar-refractivity contribution in [1.82, 2.24) is 0 Å². The molecule has 126 valence electrons. The number of methoxy groups -OCH3 is 1. The number of benzene rings is 1. The average molecular weight is 341 g/mol. The van der Waals surface area contributed by atoms with Gasteiger partial charge in [-0.2, -0.15) is 39.5 Å². The quantitative estimate of drug-likeness (QED) is 0.658. The lowest BCUT2D eigenvalue weighted by Crippen LogP contribution is -2.59. The number of rotatable bonds is 4. The van der Waals surface area contributed by atoms with Crippen molar-refractivity contribution in [3.63, 3.8) is 0 Å². The summed E-state index contributed by atoms with van der Waals surface area (Å²) in [4.78, 5) is 0. The number of hydrogen-bond acceptors (Lipinski definition) is 2. The van der Waals surface area contributed by atoms with Gasteiger partial charge in [0.2, 0.25) is 0 Å². The molecular formula is C11H8F9NO. The van der Waals surface area contributed by atoms with E-state index in [-0.39, 0.29) is 17.8 Å². The summed E-state index contributed by atoms with van der Waals surface area (Å²) in [5, 5.41) is 0. The fourth-order valence-electron chi connectivity index (χ4n) is 1.46. The molecule has 22 heavy (non-hydrogen) atoms. The largest absolute Gasteiger partial charge is 0.495 e. The molecule has 0 radical (unpaired) electrons. The van der Waals surface area contributed by atoms with Gasteiger partial charge in [-0.1, -0.05) is 6.07 Å². The van der Waals surface area contributed by atoms with Gasteiger partial charge in [0.05, 0.1) is 12.8 Å². The van der Waals surface area contributed by atoms with Gasteiger partial charge < -0.3 is 10.5 Å². The summed E-state index contributed by atoms with van der Waals surface area (Å²) in [6.45, 7) is 0. The Bertz CT molecular complexity index is 553. The fraction of sp³-hybridized carbons (Fsp3) is 0.455. The standard InChI is InChI=1S/C11H8F9NO/c1-22-7-4-5(2-3-6(7)21)8(12,13)9(14,15)10(16,17)11(18,19)20/h2-4H,21H2,1H3. The second-order valence-corrected chi connectivity index (χ2v) is 4.18. The van der Waals surface area contributed by atoms with E-state index in [0.717, 1.165) is 7.11 Å². The van der Waals surface area contributed by atoms with Crippen molar-refractivity contribution in [2.75, 3.05) is 12.8 Å². The normalized spacial score (nSPS) is 14.1. The smallest absolute Gasteiger partial charge is 0.460 e. The third kappa shape index (κ3) is 2.52. The van der Waals surface area contributed by atoms with Gasteiger partial charge in [-0.3, -0.25) is 0 Å². The summed E-state index contributed by atoms with van der Waals surface area (Å²) in [7, 11) is 0.913. The van der Waals surface area contributed by atoms with Crippen LogP contribution >= 0.6 is 0 Å². The fourth-order valence-corrected chi connectivity index (χ4v) is 1.46. The van der Waals surface area contributed by atoms with E-state index in [1.165, 1.54) is 0 Å². The number of nitrogen functional groups attached to an aromatic ring is 1. The Labute approximate surface area is 117 Å². The molecule has 0 saturated heterocycles. The molecule has 0 aliphatic rings. The van der Waals surface area contributed by atoms with Gasteiger partial charge in [-0.15, -0.1) is 0 Å². The van der Waals surface area contributed by atoms with Crippen molar-refractivity contribution < 1.29 is 44.3 Å². The number of ether oxygens (including phenoxy) is 1. The van der Waals surface area contributed by atoms with E-state index in [4.69, 9.17) is 5.73 Å². The van der Waals surface area contributed by atoms with Gasteiger partial charge in [-0.05, 0) is 12.1 Å². The van der Waals surface area contributed by atoms with Crippen LogP contribution in [-0.2, 0) is 5.92 Å². The van der Waals surface area contributed by atoms with Crippen LogP contribution < -0.4 is 10.5 Å². The Hall–Kier alpha value is -1.81. The van der Waals surface area contributed by atoms with Gasteiger partial charge in [0, 0.05) is 5.56 Å². The van der Waals surface area contributed by atoms with Crippen LogP contribution in [0, 0.1) is 0 Å². The minimum atomic E-state index is -6.95. The molecule has 0 amide bonds. The molecular weight excluding hydrogens is 333 g/mol. The third-order valence-corrected chi connectivity index (χ3v) is 2.74. The maximum Gasteiger partial charge on any atom is 0.460 e. The lowest BCUT2D eigenvalue weighted by Gasteiger charge is -2.33. The van der Waals surface area contributed by atoms with Crippen molar-refractivity contribution in [3.05, 3.63) is 23.8 Å². The molecule has 0 bridgehead atoms. The first-order valence-corrected chi connectivity index (χ1v) is 5.34. The molecule has 0 aliphatic carbocycles. The molecule has 0 heterocycles. The van der Waals surface area contributed by atoms with Crippen LogP contribution in [-0.4, -0.2) is 25.1 Å². The van der Waals surface area contributed by atoms with Crippen molar-refractivity contribution in [3.8, 4) is 5.75 Å². The molecule has 11 heteroatoms. The summed E-state index contributed by atoms with van der Waals surface area (Å²) in [6, 6.07) is 0.984. The Kier molecular flexibility index (Phi) is 4.25. The molecule has 0 aliphatic heterocycles. The lowest BCUT2D eigenvalue weighted by atomic mass is 9.96. The van der Waals surface area contributed by atoms with Gasteiger partial charge in [0.25, 0.3) is 0 Å². The van der Waals surface area contributed by atoms with Crippen LogP contribution in [0.25, 0.3) is 0 Å². The highest BCUT2D eigenvalue weighted by Crippen LogP contribution is 2.56. The van der Waals surface area contributed by atoms with E-state index >= 15 is 0 Å². The summed E-state index contributed by atoms with van der Waals surface area (Å²) in [5.74, 6) is -20.1. The van der Waals surface area contributed by atoms with E-state index in [1.54, 1.807) is 0 Å². The third-order valence-electron chi connectivity index (χ3n) is 2.74. The number of hydrogen-bond donors (Lipinski definition) is 1. The number of alkyl halides is 9. The van der Waals surface area contributed by atoms with Crippen LogP contribution in [0.5, 0.6) is 5.75 Å². The highest BCUT2D eigenvalue weighted by Gasteiger charge is 2.82. The van der Waals surface area contributed by atoms with Crippen LogP contribution in [0.1, 0.15) is 5.56 Å². The van der Waals surface area contributed by atoms with Crippen molar-refractivity contribution in [2.45, 2.75) is 23.9 Å². The zero-order valence-corrected chi connectivity index (χ0v) is 10.6. The summed E-state index contributed by atoms with van der Waals surface area (Å²) >= 11 is 0. The molecule has 1 rings (SSSR count). The zero-order chi connectivity index (χ0) is 17.6. The molecule has 2 nitrogen and oxygen atoms in total. The molecule has 2 N–H and O–H groups in total. The second kappa shape index (κ2) is 5.13. The SMILES string of the molecule is COc1cc(C(F)(F)C(F)(F)C(F)(F)C(F)(F)F)ccc1N. The Balaban J connectivity index is 3.45. The number of halogens is 9. The first kappa shape index (κ1) is 18.2. The second-order valence-electron chi connectivity index (χ2n) is 4.18. The van der Waals surface area contributed by atoms with Crippen molar-refractivity contribution in [1.29, 1.82) is 0 Å². The Morgan fingerprint density at radius 1 is 0.864 bits per heavy atom. The molecule has 0 spiro atoms. The summed E-state index contributed by atoms with van der Waals surface area (Å²) < 4.78 is 119. The first-order valence-electron chi connectivity index (χ1n) is 5.34. The summed E-state index contributed by atoms with van der Waals surface area (Å²) in [6.07, 6.45) is -6.86. The van der Waals surface area contributed by atoms with Gasteiger partial charge in [0.1, 0.15) is 5.75 Å². The Morgan fingerprint density at radius 2 is 1.36 bits per heavy atom. The maximum absolute atomic E-state index is 13.6. The predicted octanol–water partition coefficient (Wildman–Crippen LogP) is 4.20. The number of nitrogens with two attached hydrogens (primary N) is 1. The average Bonchev–Trinajstić information content (AvgIpc) is 2.37. The molecule has 0 unspecified atom stereocenters. The topological polar surface area (TPSA) is 35.2 Å². The molecule has 0 aromatic heterocycles. The minimum absolute atomic E-state index is 0.162. The van der Waals surface area contributed by atoms with Crippen LogP contribution in [0.3, 0.4) is 0 Å². The van der Waals surface area contributed by atoms with Crippen molar-refractivity contribution >= 4 is 5.69 Å². The highest BCUT2D eigenvalue weighted by molar-refractivity contribution is 5.54. The highest BCUT2D eigenvalue weighted by atomic mass is 19.4. The van der Waals surface area contributed by atoms with Crippen molar-refractivity contribution in [2.24, 2.45) is 0 Å². The van der Waals surface area contributed by atoms with Crippen LogP contribution in [0.4, 0.5) is 45.2 Å². The maximum atomic E-state index is 13.6. The summed E-state index contributed by atoms with van der Waals surface area (Å²) in [5.41, 5.74) is 3.12. The lowest BCUT2D eigenvalue weighted by molar-refractivity contribution is -0.399. The molecule has 0 saturated carbocycles. The molecule has 0 atom stereocenters. The predicted molar refractivity (Wildman–Crippen MR) is 57.2 cm³/mol. The first-order chi connectivity index (χ1) is 9.70. The zero-order valence-electron chi connectivity index (χ0n) is 10.6. The van der Waals surface area contributed by atoms with E-state index in [0.29, 0.717) is 6.07 Å². The van der Waals surface area contributed by atoms with Gasteiger partial charge >= 0.3 is 23.9 Å². The monoisotopic (exact) mass is 341 g/mol. The molecule has 1 aromatic carbocycles. The van der Waals surface area contributed by atoms with E-state index < -0.39 is 35.3 Å². The Morgan fingerprint density at radius 3 is 1.77 bits per heavy atom. The van der Waals surface area contributed by atoms with Gasteiger partial charge in [-0.25, -0.2) is 0 Å². The van der Waals surface area contributed by atoms with E-state index in [2.05, 4.69) is 4.74 Å². The van der Waals surface area contributed by atoms with Gasteiger partial charge in [0.15, 0.2) is 0 Å². The molecule has 0 fully saturated rings. The van der Waals surface area contributed by atoms with Crippen LogP contribution in [0.15, 0.2) is 18.2 Å². The minimum Gasteiger partial charge on any atom is -0.495 e. The number of anilines is 1. The van der Waals surface area contributed by atoms with E-state index in [1.807, 2.05) is 0 Å².